The molecule has 0 spiro atoms. The highest BCUT2D eigenvalue weighted by atomic mass is 16.1. The summed E-state index contributed by atoms with van der Waals surface area (Å²) >= 11 is 0. The number of primary amides is 1. The molecule has 2 rings (SSSR count). The SMILES string of the molecule is NC(=O)Cc1ccccc1C=Cc1ccccc1. The van der Waals surface area contributed by atoms with Crippen molar-refractivity contribution in [1.29, 1.82) is 0 Å². The Balaban J connectivity index is 2.23. The third-order valence-electron chi connectivity index (χ3n) is 2.67. The molecule has 0 atom stereocenters. The second-order valence-electron chi connectivity index (χ2n) is 4.09. The lowest BCUT2D eigenvalue weighted by molar-refractivity contribution is -0.117. The first-order valence-electron chi connectivity index (χ1n) is 5.85. The van der Waals surface area contributed by atoms with Crippen LogP contribution >= 0.6 is 0 Å². The number of rotatable bonds is 4. The Labute approximate surface area is 107 Å². The Hall–Kier alpha value is -2.35. The molecule has 0 heterocycles. The highest BCUT2D eigenvalue weighted by Crippen LogP contribution is 2.13. The number of carbonyl (C=O) groups excluding carboxylic acids is 1. The Kier molecular flexibility index (Phi) is 3.92. The fraction of sp³-hybridized carbons (Fsp3) is 0.0625. The molecule has 0 saturated carbocycles. The van der Waals surface area contributed by atoms with E-state index in [9.17, 15) is 4.79 Å². The number of amides is 1. The topological polar surface area (TPSA) is 43.1 Å². The van der Waals surface area contributed by atoms with E-state index in [2.05, 4.69) is 0 Å². The first-order valence-corrected chi connectivity index (χ1v) is 5.85. The van der Waals surface area contributed by atoms with E-state index in [4.69, 9.17) is 5.73 Å². The van der Waals surface area contributed by atoms with Crippen LogP contribution in [0.1, 0.15) is 16.7 Å². The van der Waals surface area contributed by atoms with E-state index in [1.807, 2.05) is 66.7 Å². The van der Waals surface area contributed by atoms with Gasteiger partial charge in [0, 0.05) is 0 Å². The van der Waals surface area contributed by atoms with Gasteiger partial charge in [0.05, 0.1) is 6.42 Å². The van der Waals surface area contributed by atoms with E-state index in [1.54, 1.807) is 0 Å². The van der Waals surface area contributed by atoms with Crippen molar-refractivity contribution < 1.29 is 4.79 Å². The molecule has 1 amide bonds. The van der Waals surface area contributed by atoms with Gasteiger partial charge in [-0.15, -0.1) is 0 Å². The van der Waals surface area contributed by atoms with Crippen molar-refractivity contribution in [2.24, 2.45) is 5.73 Å². The van der Waals surface area contributed by atoms with E-state index in [0.717, 1.165) is 16.7 Å². The number of nitrogens with two attached hydrogens (primary N) is 1. The molecule has 18 heavy (non-hydrogen) atoms. The predicted octanol–water partition coefficient (Wildman–Crippen LogP) is 2.88. The van der Waals surface area contributed by atoms with Gasteiger partial charge in [-0.3, -0.25) is 4.79 Å². The van der Waals surface area contributed by atoms with Gasteiger partial charge in [-0.1, -0.05) is 66.7 Å². The molecule has 90 valence electrons. The maximum atomic E-state index is 11.0. The monoisotopic (exact) mass is 237 g/mol. The molecule has 2 aromatic rings. The molecule has 0 aliphatic heterocycles. The number of hydrogen-bond acceptors (Lipinski definition) is 1. The largest absolute Gasteiger partial charge is 0.369 e. The van der Waals surface area contributed by atoms with Crippen LogP contribution in [0.4, 0.5) is 0 Å². The first kappa shape index (κ1) is 12.1. The van der Waals surface area contributed by atoms with Crippen molar-refractivity contribution in [3.05, 3.63) is 71.3 Å². The number of hydrogen-bond donors (Lipinski definition) is 1. The first-order chi connectivity index (χ1) is 8.75. The van der Waals surface area contributed by atoms with Gasteiger partial charge < -0.3 is 5.73 Å². The minimum atomic E-state index is -0.310. The summed E-state index contributed by atoms with van der Waals surface area (Å²) in [5, 5.41) is 0. The third kappa shape index (κ3) is 3.32. The second-order valence-corrected chi connectivity index (χ2v) is 4.09. The Bertz CT molecular complexity index is 558. The zero-order valence-corrected chi connectivity index (χ0v) is 10.0. The van der Waals surface area contributed by atoms with Crippen molar-refractivity contribution in [1.82, 2.24) is 0 Å². The molecule has 0 aliphatic carbocycles. The Morgan fingerprint density at radius 3 is 2.33 bits per heavy atom. The molecule has 2 nitrogen and oxygen atoms in total. The van der Waals surface area contributed by atoms with Crippen LogP contribution in [-0.2, 0) is 11.2 Å². The minimum absolute atomic E-state index is 0.273. The van der Waals surface area contributed by atoms with Gasteiger partial charge in [0.2, 0.25) is 5.91 Å². The molecule has 0 fully saturated rings. The molecule has 0 aromatic heterocycles. The number of carbonyl (C=O) groups is 1. The van der Waals surface area contributed by atoms with E-state index in [-0.39, 0.29) is 12.3 Å². The van der Waals surface area contributed by atoms with Gasteiger partial charge in [-0.25, -0.2) is 0 Å². The molecule has 2 aromatic carbocycles. The smallest absolute Gasteiger partial charge is 0.221 e. The van der Waals surface area contributed by atoms with Crippen molar-refractivity contribution >= 4 is 18.1 Å². The maximum Gasteiger partial charge on any atom is 0.221 e. The summed E-state index contributed by atoms with van der Waals surface area (Å²) in [6.07, 6.45) is 4.31. The summed E-state index contributed by atoms with van der Waals surface area (Å²) in [5.41, 5.74) is 8.35. The Morgan fingerprint density at radius 2 is 1.61 bits per heavy atom. The van der Waals surface area contributed by atoms with E-state index in [1.165, 1.54) is 0 Å². The molecule has 2 N–H and O–H groups in total. The lowest BCUT2D eigenvalue weighted by Gasteiger charge is -2.03. The molecular weight excluding hydrogens is 222 g/mol. The van der Waals surface area contributed by atoms with Crippen LogP contribution < -0.4 is 5.73 Å². The average Bonchev–Trinajstić information content (AvgIpc) is 2.38. The molecule has 0 unspecified atom stereocenters. The van der Waals surface area contributed by atoms with Crippen molar-refractivity contribution in [2.75, 3.05) is 0 Å². The van der Waals surface area contributed by atoms with Crippen LogP contribution in [-0.4, -0.2) is 5.91 Å². The second kappa shape index (κ2) is 5.82. The standard InChI is InChI=1S/C16H15NO/c17-16(18)12-15-9-5-4-8-14(15)11-10-13-6-2-1-3-7-13/h1-11H,12H2,(H2,17,18). The molecule has 0 saturated heterocycles. The number of benzene rings is 2. The van der Waals surface area contributed by atoms with Crippen LogP contribution in [0.5, 0.6) is 0 Å². The maximum absolute atomic E-state index is 11.0. The molecule has 0 bridgehead atoms. The molecule has 2 heteroatoms. The highest BCUT2D eigenvalue weighted by molar-refractivity contribution is 5.79. The van der Waals surface area contributed by atoms with Crippen LogP contribution in [0.3, 0.4) is 0 Å². The fourth-order valence-corrected chi connectivity index (χ4v) is 1.80. The van der Waals surface area contributed by atoms with Crippen LogP contribution in [0.15, 0.2) is 54.6 Å². The van der Waals surface area contributed by atoms with Crippen molar-refractivity contribution in [3.63, 3.8) is 0 Å². The van der Waals surface area contributed by atoms with Gasteiger partial charge in [0.1, 0.15) is 0 Å². The van der Waals surface area contributed by atoms with Gasteiger partial charge in [-0.05, 0) is 16.7 Å². The van der Waals surface area contributed by atoms with Gasteiger partial charge in [-0.2, -0.15) is 0 Å². The Morgan fingerprint density at radius 1 is 0.944 bits per heavy atom. The van der Waals surface area contributed by atoms with E-state index >= 15 is 0 Å². The van der Waals surface area contributed by atoms with Crippen molar-refractivity contribution in [2.45, 2.75) is 6.42 Å². The minimum Gasteiger partial charge on any atom is -0.369 e. The summed E-state index contributed by atoms with van der Waals surface area (Å²) in [4.78, 5) is 11.0. The highest BCUT2D eigenvalue weighted by Gasteiger charge is 2.01. The van der Waals surface area contributed by atoms with Crippen LogP contribution in [0, 0.1) is 0 Å². The zero-order valence-electron chi connectivity index (χ0n) is 10.0. The van der Waals surface area contributed by atoms with Crippen LogP contribution in [0.2, 0.25) is 0 Å². The van der Waals surface area contributed by atoms with Gasteiger partial charge >= 0.3 is 0 Å². The zero-order chi connectivity index (χ0) is 12.8. The van der Waals surface area contributed by atoms with Crippen LogP contribution in [0.25, 0.3) is 12.2 Å². The van der Waals surface area contributed by atoms with Crippen molar-refractivity contribution in [3.8, 4) is 0 Å². The quantitative estimate of drug-likeness (QED) is 0.816. The molecule has 0 radical (unpaired) electrons. The lowest BCUT2D eigenvalue weighted by atomic mass is 10.0. The lowest BCUT2D eigenvalue weighted by Crippen LogP contribution is -2.14. The summed E-state index contributed by atoms with van der Waals surface area (Å²) < 4.78 is 0. The summed E-state index contributed by atoms with van der Waals surface area (Å²) in [7, 11) is 0. The normalized spacial score (nSPS) is 10.7. The van der Waals surface area contributed by atoms with E-state index < -0.39 is 0 Å². The molecule has 0 aliphatic rings. The summed E-state index contributed by atoms with van der Waals surface area (Å²) in [6, 6.07) is 17.8. The summed E-state index contributed by atoms with van der Waals surface area (Å²) in [6.45, 7) is 0. The summed E-state index contributed by atoms with van der Waals surface area (Å²) in [5.74, 6) is -0.310. The average molecular weight is 237 g/mol. The fourth-order valence-electron chi connectivity index (χ4n) is 1.80. The molecular formula is C16H15NO. The van der Waals surface area contributed by atoms with Gasteiger partial charge in [0.25, 0.3) is 0 Å². The van der Waals surface area contributed by atoms with Gasteiger partial charge in [0.15, 0.2) is 0 Å². The predicted molar refractivity (Wildman–Crippen MR) is 74.7 cm³/mol. The van der Waals surface area contributed by atoms with E-state index in [0.29, 0.717) is 0 Å². The third-order valence-corrected chi connectivity index (χ3v) is 2.67.